The number of piperidine rings is 1. The number of nitrogens with one attached hydrogen (secondary N) is 1. The fourth-order valence-corrected chi connectivity index (χ4v) is 3.64. The summed E-state index contributed by atoms with van der Waals surface area (Å²) in [6, 6.07) is 5.70. The summed E-state index contributed by atoms with van der Waals surface area (Å²) in [5, 5.41) is 12.3. The highest BCUT2D eigenvalue weighted by molar-refractivity contribution is 5.79. The van der Waals surface area contributed by atoms with Gasteiger partial charge in [0, 0.05) is 55.2 Å². The Kier molecular flexibility index (Phi) is 5.04. The van der Waals surface area contributed by atoms with Crippen LogP contribution in [0.2, 0.25) is 0 Å². The van der Waals surface area contributed by atoms with Crippen LogP contribution in [0.3, 0.4) is 0 Å². The number of likely N-dealkylation sites (tertiary alicyclic amines) is 1. The monoisotopic (exact) mass is 369 g/mol. The first-order valence-corrected chi connectivity index (χ1v) is 9.39. The van der Waals surface area contributed by atoms with Crippen LogP contribution in [0.4, 0.5) is 0 Å². The topological polar surface area (TPSA) is 97.1 Å². The van der Waals surface area contributed by atoms with Crippen molar-refractivity contribution in [3.8, 4) is 5.88 Å². The minimum atomic E-state index is 0.135. The summed E-state index contributed by atoms with van der Waals surface area (Å²) in [7, 11) is 0. The average Bonchev–Trinajstić information content (AvgIpc) is 3.33. The predicted octanol–water partition coefficient (Wildman–Crippen LogP) is 2.68. The third-order valence-electron chi connectivity index (χ3n) is 4.96. The molecule has 8 nitrogen and oxygen atoms in total. The molecule has 1 aliphatic heterocycles. The van der Waals surface area contributed by atoms with Crippen LogP contribution in [0.1, 0.15) is 43.6 Å². The number of rotatable bonds is 6. The van der Waals surface area contributed by atoms with Gasteiger partial charge >= 0.3 is 0 Å². The third kappa shape index (κ3) is 3.79. The van der Waals surface area contributed by atoms with E-state index in [1.165, 1.54) is 0 Å². The number of pyridine rings is 1. The van der Waals surface area contributed by atoms with E-state index < -0.39 is 0 Å². The summed E-state index contributed by atoms with van der Waals surface area (Å²) in [6.45, 7) is 3.92. The average molecular weight is 369 g/mol. The SMILES string of the molecule is CCOc1cc(CCC(=O)N2CCC[C@@H](c3[nH]nc4ncccc34)C2)on1. The van der Waals surface area contributed by atoms with Crippen molar-refractivity contribution < 1.29 is 14.1 Å². The summed E-state index contributed by atoms with van der Waals surface area (Å²) in [5.41, 5.74) is 1.80. The highest BCUT2D eigenvalue weighted by Gasteiger charge is 2.27. The summed E-state index contributed by atoms with van der Waals surface area (Å²) in [6.07, 6.45) is 4.68. The van der Waals surface area contributed by atoms with Crippen molar-refractivity contribution in [2.45, 2.75) is 38.5 Å². The summed E-state index contributed by atoms with van der Waals surface area (Å²) < 4.78 is 10.5. The van der Waals surface area contributed by atoms with Gasteiger partial charge in [-0.3, -0.25) is 9.89 Å². The van der Waals surface area contributed by atoms with Crippen LogP contribution in [0.25, 0.3) is 11.0 Å². The van der Waals surface area contributed by atoms with Crippen molar-refractivity contribution in [1.29, 1.82) is 0 Å². The number of carbonyl (C=O) groups is 1. The number of aromatic nitrogens is 4. The molecule has 1 aliphatic rings. The molecule has 0 aromatic carbocycles. The number of aromatic amines is 1. The minimum Gasteiger partial charge on any atom is -0.476 e. The lowest BCUT2D eigenvalue weighted by molar-refractivity contribution is -0.132. The van der Waals surface area contributed by atoms with E-state index in [-0.39, 0.29) is 11.8 Å². The lowest BCUT2D eigenvalue weighted by Crippen LogP contribution is -2.39. The van der Waals surface area contributed by atoms with E-state index >= 15 is 0 Å². The molecule has 1 N–H and O–H groups in total. The van der Waals surface area contributed by atoms with Gasteiger partial charge < -0.3 is 14.2 Å². The second-order valence-corrected chi connectivity index (χ2v) is 6.76. The highest BCUT2D eigenvalue weighted by Crippen LogP contribution is 2.30. The van der Waals surface area contributed by atoms with Crippen LogP contribution in [-0.4, -0.2) is 50.8 Å². The second-order valence-electron chi connectivity index (χ2n) is 6.76. The maximum atomic E-state index is 12.7. The fourth-order valence-electron chi connectivity index (χ4n) is 3.64. The van der Waals surface area contributed by atoms with E-state index in [0.29, 0.717) is 37.6 Å². The number of ether oxygens (including phenoxy) is 1. The van der Waals surface area contributed by atoms with Gasteiger partial charge in [-0.2, -0.15) is 5.10 Å². The normalized spacial score (nSPS) is 17.4. The molecule has 0 saturated carbocycles. The first kappa shape index (κ1) is 17.5. The van der Waals surface area contributed by atoms with E-state index in [2.05, 4.69) is 20.3 Å². The van der Waals surface area contributed by atoms with Gasteiger partial charge in [0.15, 0.2) is 5.65 Å². The Bertz CT molecular complexity index is 919. The Morgan fingerprint density at radius 2 is 2.41 bits per heavy atom. The molecule has 1 atom stereocenters. The Hall–Kier alpha value is -2.90. The molecule has 0 aliphatic carbocycles. The quantitative estimate of drug-likeness (QED) is 0.717. The first-order valence-electron chi connectivity index (χ1n) is 9.39. The lowest BCUT2D eigenvalue weighted by atomic mass is 9.93. The molecule has 8 heteroatoms. The van der Waals surface area contributed by atoms with E-state index in [9.17, 15) is 4.79 Å². The molecule has 0 bridgehead atoms. The van der Waals surface area contributed by atoms with Crippen molar-refractivity contribution in [1.82, 2.24) is 25.2 Å². The van der Waals surface area contributed by atoms with Crippen molar-refractivity contribution in [3.63, 3.8) is 0 Å². The van der Waals surface area contributed by atoms with Crippen molar-refractivity contribution in [2.24, 2.45) is 0 Å². The number of hydrogen-bond donors (Lipinski definition) is 1. The van der Waals surface area contributed by atoms with Gasteiger partial charge in [-0.25, -0.2) is 4.98 Å². The van der Waals surface area contributed by atoms with Crippen molar-refractivity contribution in [2.75, 3.05) is 19.7 Å². The van der Waals surface area contributed by atoms with Gasteiger partial charge in [-0.05, 0) is 37.1 Å². The largest absolute Gasteiger partial charge is 0.476 e. The molecule has 142 valence electrons. The number of aryl methyl sites for hydroxylation is 1. The molecule has 1 saturated heterocycles. The smallest absolute Gasteiger partial charge is 0.254 e. The molecular formula is C19H23N5O3. The Labute approximate surface area is 156 Å². The third-order valence-corrected chi connectivity index (χ3v) is 4.96. The zero-order valence-electron chi connectivity index (χ0n) is 15.4. The number of H-pyrrole nitrogens is 1. The molecule has 1 fully saturated rings. The number of amides is 1. The number of hydrogen-bond acceptors (Lipinski definition) is 6. The van der Waals surface area contributed by atoms with E-state index in [1.54, 1.807) is 12.3 Å². The maximum Gasteiger partial charge on any atom is 0.254 e. The summed E-state index contributed by atoms with van der Waals surface area (Å²) in [4.78, 5) is 18.9. The minimum absolute atomic E-state index is 0.135. The molecule has 1 amide bonds. The molecule has 3 aromatic rings. The van der Waals surface area contributed by atoms with Gasteiger partial charge in [-0.1, -0.05) is 0 Å². The van der Waals surface area contributed by atoms with Gasteiger partial charge in [0.1, 0.15) is 5.76 Å². The summed E-state index contributed by atoms with van der Waals surface area (Å²) in [5.74, 6) is 1.53. The lowest BCUT2D eigenvalue weighted by Gasteiger charge is -2.32. The molecule has 0 spiro atoms. The molecule has 0 radical (unpaired) electrons. The number of carbonyl (C=O) groups excluding carboxylic acids is 1. The molecule has 3 aromatic heterocycles. The van der Waals surface area contributed by atoms with E-state index in [0.717, 1.165) is 36.1 Å². The molecule has 4 rings (SSSR count). The van der Waals surface area contributed by atoms with Crippen LogP contribution >= 0.6 is 0 Å². The van der Waals surface area contributed by atoms with Crippen molar-refractivity contribution in [3.05, 3.63) is 35.9 Å². The van der Waals surface area contributed by atoms with Gasteiger partial charge in [0.25, 0.3) is 5.88 Å². The van der Waals surface area contributed by atoms with Crippen molar-refractivity contribution >= 4 is 16.9 Å². The molecular weight excluding hydrogens is 346 g/mol. The predicted molar refractivity (Wildman–Crippen MR) is 98.4 cm³/mol. The Balaban J connectivity index is 1.38. The van der Waals surface area contributed by atoms with Crippen LogP contribution in [-0.2, 0) is 11.2 Å². The fraction of sp³-hybridized carbons (Fsp3) is 0.474. The molecule has 0 unspecified atom stereocenters. The van der Waals surface area contributed by atoms with E-state index in [4.69, 9.17) is 9.26 Å². The standard InChI is InChI=1S/C19H23N5O3/c1-2-26-16-11-14(27-23-16)7-8-17(25)24-10-4-5-13(12-24)18-15-6-3-9-20-19(15)22-21-18/h3,6,9,11,13H,2,4-5,7-8,10,12H2,1H3,(H,20,21,22)/t13-/m1/s1. The van der Waals surface area contributed by atoms with Gasteiger partial charge in [0.05, 0.1) is 6.61 Å². The maximum absolute atomic E-state index is 12.7. The first-order chi connectivity index (χ1) is 13.2. The van der Waals surface area contributed by atoms with Crippen LogP contribution < -0.4 is 4.74 Å². The Morgan fingerprint density at radius 1 is 1.48 bits per heavy atom. The number of nitrogens with zero attached hydrogens (tertiary/aromatic N) is 4. The van der Waals surface area contributed by atoms with Crippen LogP contribution in [0.15, 0.2) is 28.9 Å². The highest BCUT2D eigenvalue weighted by atomic mass is 16.5. The van der Waals surface area contributed by atoms with Gasteiger partial charge in [0.2, 0.25) is 5.91 Å². The van der Waals surface area contributed by atoms with Gasteiger partial charge in [-0.15, -0.1) is 0 Å². The number of fused-ring (bicyclic) bond motifs is 1. The Morgan fingerprint density at radius 3 is 3.30 bits per heavy atom. The zero-order valence-corrected chi connectivity index (χ0v) is 15.4. The summed E-state index contributed by atoms with van der Waals surface area (Å²) >= 11 is 0. The van der Waals surface area contributed by atoms with Crippen LogP contribution in [0, 0.1) is 0 Å². The second kappa shape index (κ2) is 7.77. The van der Waals surface area contributed by atoms with E-state index in [1.807, 2.05) is 24.0 Å². The van der Waals surface area contributed by atoms with Crippen LogP contribution in [0.5, 0.6) is 5.88 Å². The zero-order chi connectivity index (χ0) is 18.6. The molecule has 4 heterocycles. The molecule has 27 heavy (non-hydrogen) atoms.